The van der Waals surface area contributed by atoms with Crippen LogP contribution in [-0.4, -0.2) is 40.2 Å². The molecule has 1 heterocycles. The first kappa shape index (κ1) is 18.4. The molecule has 3 amide bonds. The molecule has 1 saturated carbocycles. The monoisotopic (exact) mass is 357 g/mol. The van der Waals surface area contributed by atoms with E-state index >= 15 is 0 Å². The van der Waals surface area contributed by atoms with Crippen molar-refractivity contribution < 1.29 is 14.4 Å². The van der Waals surface area contributed by atoms with Crippen LogP contribution < -0.4 is 10.6 Å². The zero-order chi connectivity index (χ0) is 18.7. The Kier molecular flexibility index (Phi) is 5.30. The zero-order valence-electron chi connectivity index (χ0n) is 15.5. The maximum absolute atomic E-state index is 12.9. The molecule has 2 N–H and O–H groups in total. The number of nitrogens with one attached hydrogen (secondary N) is 2. The van der Waals surface area contributed by atoms with E-state index in [0.29, 0.717) is 0 Å². The van der Waals surface area contributed by atoms with Gasteiger partial charge in [0.1, 0.15) is 5.54 Å². The molecule has 6 heteroatoms. The van der Waals surface area contributed by atoms with Crippen molar-refractivity contribution in [3.8, 4) is 0 Å². The third-order valence-electron chi connectivity index (χ3n) is 5.19. The first-order valence-electron chi connectivity index (χ1n) is 9.36. The van der Waals surface area contributed by atoms with Gasteiger partial charge in [0.15, 0.2) is 6.04 Å². The summed E-state index contributed by atoms with van der Waals surface area (Å²) in [5.41, 5.74) is -0.130. The molecule has 1 aliphatic heterocycles. The maximum Gasteiger partial charge on any atom is 0.253 e. The second kappa shape index (κ2) is 7.48. The molecule has 2 fully saturated rings. The van der Waals surface area contributed by atoms with Crippen LogP contribution in [0.4, 0.5) is 0 Å². The summed E-state index contributed by atoms with van der Waals surface area (Å²) in [6.07, 6.45) is 5.21. The highest BCUT2D eigenvalue weighted by molar-refractivity contribution is 6.11. The van der Waals surface area contributed by atoms with Crippen molar-refractivity contribution in [2.24, 2.45) is 0 Å². The van der Waals surface area contributed by atoms with Gasteiger partial charge in [0.2, 0.25) is 5.91 Å². The first-order valence-corrected chi connectivity index (χ1v) is 9.36. The number of piperazine rings is 1. The van der Waals surface area contributed by atoms with Crippen LogP contribution >= 0.6 is 0 Å². The number of hydrogen-bond donors (Lipinski definition) is 2. The highest BCUT2D eigenvalue weighted by Crippen LogP contribution is 2.22. The minimum atomic E-state index is -1.13. The normalized spacial score (nSPS) is 23.5. The summed E-state index contributed by atoms with van der Waals surface area (Å²) in [5, 5.41) is 5.69. The molecule has 0 radical (unpaired) electrons. The predicted octanol–water partition coefficient (Wildman–Crippen LogP) is 1.74. The molecule has 0 bridgehead atoms. The fourth-order valence-electron chi connectivity index (χ4n) is 3.78. The van der Waals surface area contributed by atoms with Gasteiger partial charge in [0.05, 0.1) is 0 Å². The fraction of sp³-hybridized carbons (Fsp3) is 0.550. The Labute approximate surface area is 154 Å². The average molecular weight is 357 g/mol. The molecule has 2 aliphatic rings. The summed E-state index contributed by atoms with van der Waals surface area (Å²) in [6, 6.07) is 8.40. The summed E-state index contributed by atoms with van der Waals surface area (Å²) >= 11 is 0. The highest BCUT2D eigenvalue weighted by Gasteiger charge is 2.48. The van der Waals surface area contributed by atoms with Gasteiger partial charge in [-0.25, -0.2) is 0 Å². The van der Waals surface area contributed by atoms with Gasteiger partial charge < -0.3 is 15.5 Å². The topological polar surface area (TPSA) is 78.5 Å². The molecule has 1 aromatic rings. The van der Waals surface area contributed by atoms with E-state index < -0.39 is 17.5 Å². The molecule has 0 spiro atoms. The minimum absolute atomic E-state index is 0.0904. The summed E-state index contributed by atoms with van der Waals surface area (Å²) in [5.74, 6) is -1.04. The van der Waals surface area contributed by atoms with E-state index in [1.165, 1.54) is 11.3 Å². The van der Waals surface area contributed by atoms with Crippen LogP contribution in [0.25, 0.3) is 0 Å². The summed E-state index contributed by atoms with van der Waals surface area (Å²) in [6.45, 7) is 3.57. The van der Waals surface area contributed by atoms with Gasteiger partial charge in [-0.1, -0.05) is 49.6 Å². The Bertz CT molecular complexity index is 681. The molecule has 1 unspecified atom stereocenters. The van der Waals surface area contributed by atoms with Crippen LogP contribution in [0.3, 0.4) is 0 Å². The second-order valence-electron chi connectivity index (χ2n) is 7.78. The summed E-state index contributed by atoms with van der Waals surface area (Å²) < 4.78 is 0. The lowest BCUT2D eigenvalue weighted by molar-refractivity contribution is -0.158. The van der Waals surface area contributed by atoms with Crippen molar-refractivity contribution >= 4 is 17.7 Å². The van der Waals surface area contributed by atoms with E-state index in [1.807, 2.05) is 30.3 Å². The number of nitrogens with zero attached hydrogens (tertiary/aromatic N) is 1. The lowest BCUT2D eigenvalue weighted by Crippen LogP contribution is -2.71. The quantitative estimate of drug-likeness (QED) is 0.806. The maximum atomic E-state index is 12.9. The molecule has 1 aliphatic carbocycles. The van der Waals surface area contributed by atoms with Gasteiger partial charge in [-0.15, -0.1) is 0 Å². The van der Waals surface area contributed by atoms with Gasteiger partial charge in [-0.2, -0.15) is 0 Å². The summed E-state index contributed by atoms with van der Waals surface area (Å²) in [4.78, 5) is 39.9. The molecule has 1 aromatic carbocycles. The Hall–Kier alpha value is -2.37. The van der Waals surface area contributed by atoms with Gasteiger partial charge in [0, 0.05) is 12.6 Å². The molecule has 6 nitrogen and oxygen atoms in total. The van der Waals surface area contributed by atoms with E-state index in [4.69, 9.17) is 0 Å². The van der Waals surface area contributed by atoms with Crippen molar-refractivity contribution in [2.45, 2.75) is 70.1 Å². The molecular formula is C20H27N3O3. The molecule has 140 valence electrons. The van der Waals surface area contributed by atoms with Crippen LogP contribution in [0, 0.1) is 0 Å². The van der Waals surface area contributed by atoms with Crippen LogP contribution in [-0.2, 0) is 20.9 Å². The van der Waals surface area contributed by atoms with Crippen molar-refractivity contribution in [2.75, 3.05) is 0 Å². The van der Waals surface area contributed by atoms with Crippen molar-refractivity contribution in [1.82, 2.24) is 15.5 Å². The smallest absolute Gasteiger partial charge is 0.253 e. The van der Waals surface area contributed by atoms with E-state index in [9.17, 15) is 14.4 Å². The largest absolute Gasteiger partial charge is 0.351 e. The van der Waals surface area contributed by atoms with E-state index in [-0.39, 0.29) is 24.4 Å². The zero-order valence-corrected chi connectivity index (χ0v) is 15.5. The van der Waals surface area contributed by atoms with Gasteiger partial charge >= 0.3 is 0 Å². The minimum Gasteiger partial charge on any atom is -0.351 e. The molecule has 1 atom stereocenters. The van der Waals surface area contributed by atoms with Crippen LogP contribution in [0.1, 0.15) is 51.5 Å². The average Bonchev–Trinajstić information content (AvgIpc) is 2.61. The van der Waals surface area contributed by atoms with Crippen LogP contribution in [0.2, 0.25) is 0 Å². The van der Waals surface area contributed by atoms with Gasteiger partial charge in [-0.3, -0.25) is 14.4 Å². The van der Waals surface area contributed by atoms with Crippen molar-refractivity contribution in [3.05, 3.63) is 35.9 Å². The third kappa shape index (κ3) is 3.89. The highest BCUT2D eigenvalue weighted by atomic mass is 16.2. The molecule has 0 aromatic heterocycles. The first-order chi connectivity index (χ1) is 12.4. The number of amides is 3. The molecular weight excluding hydrogens is 330 g/mol. The van der Waals surface area contributed by atoms with E-state index in [2.05, 4.69) is 10.6 Å². The lowest BCUT2D eigenvalue weighted by Gasteiger charge is -2.42. The predicted molar refractivity (Wildman–Crippen MR) is 98.0 cm³/mol. The Morgan fingerprint density at radius 1 is 1.15 bits per heavy atom. The molecule has 26 heavy (non-hydrogen) atoms. The second-order valence-corrected chi connectivity index (χ2v) is 7.78. The van der Waals surface area contributed by atoms with Crippen LogP contribution in [0.15, 0.2) is 30.3 Å². The Morgan fingerprint density at radius 2 is 1.81 bits per heavy atom. The van der Waals surface area contributed by atoms with Crippen LogP contribution in [0.5, 0.6) is 0 Å². The Balaban J connectivity index is 1.82. The van der Waals surface area contributed by atoms with Gasteiger partial charge in [-0.05, 0) is 32.3 Å². The van der Waals surface area contributed by atoms with E-state index in [0.717, 1.165) is 31.2 Å². The van der Waals surface area contributed by atoms with E-state index in [1.54, 1.807) is 13.8 Å². The number of benzene rings is 1. The van der Waals surface area contributed by atoms with Crippen molar-refractivity contribution in [3.63, 3.8) is 0 Å². The fourth-order valence-corrected chi connectivity index (χ4v) is 3.78. The van der Waals surface area contributed by atoms with Gasteiger partial charge in [0.25, 0.3) is 11.8 Å². The molecule has 3 rings (SSSR count). The third-order valence-corrected chi connectivity index (χ3v) is 5.19. The number of carbonyl (C=O) groups excluding carboxylic acids is 3. The lowest BCUT2D eigenvalue weighted by atomic mass is 9.93. The SMILES string of the molecule is CC1(C)NC(=O)C(C(=O)NC2CCCCC2)N(Cc2ccccc2)C1=O. The Morgan fingerprint density at radius 3 is 2.46 bits per heavy atom. The standard InChI is InChI=1S/C20H27N3O3/c1-20(2)19(26)23(13-14-9-5-3-6-10-14)16(18(25)22-20)17(24)21-15-11-7-4-8-12-15/h3,5-6,9-10,15-16H,4,7-8,11-13H2,1-2H3,(H,21,24)(H,22,25). The number of rotatable bonds is 4. The van der Waals surface area contributed by atoms with Crippen molar-refractivity contribution in [1.29, 1.82) is 0 Å². The summed E-state index contributed by atoms with van der Waals surface area (Å²) in [7, 11) is 0. The molecule has 1 saturated heterocycles. The number of hydrogen-bond acceptors (Lipinski definition) is 3. The number of carbonyl (C=O) groups is 3.